The standard InChI is InChI=1S/Mg.2H3N.H3O4P.H2O4S/c;;;2*1-5(2,3)4/h;2*1H3;(H3,1,2,3,4);(H2,1,2,3,4)/q+2;;;;/p-2. The Morgan fingerprint density at radius 3 is 1.15 bits per heavy atom. The Balaban J connectivity index is -0.0000000178. The molecule has 0 bridgehead atoms. The van der Waals surface area contributed by atoms with Gasteiger partial charge in [0.05, 0.1) is 0 Å². The average molecular weight is 252 g/mol. The van der Waals surface area contributed by atoms with Gasteiger partial charge in [0.25, 0.3) is 7.82 Å². The molecule has 0 aliphatic heterocycles. The third-order valence-corrected chi connectivity index (χ3v) is 0. The second-order valence-electron chi connectivity index (χ2n) is 0.899. The molecule has 0 aliphatic carbocycles. The van der Waals surface area contributed by atoms with Crippen LogP contribution < -0.4 is 17.2 Å². The van der Waals surface area contributed by atoms with Crippen molar-refractivity contribution >= 4 is 41.3 Å². The minimum absolute atomic E-state index is 0. The van der Waals surface area contributed by atoms with Gasteiger partial charge in [0.15, 0.2) is 0 Å². The van der Waals surface area contributed by atoms with E-state index in [1.54, 1.807) is 0 Å². The quantitative estimate of drug-likeness (QED) is 0.149. The molecule has 0 amide bonds. The number of hydrogen-bond donors (Lipinski definition) is 4. The van der Waals surface area contributed by atoms with Crippen molar-refractivity contribution in [3.63, 3.8) is 0 Å². The largest absolute Gasteiger partial charge is 2.00 e. The van der Waals surface area contributed by atoms with Crippen molar-refractivity contribution in [2.75, 3.05) is 0 Å². The SMILES string of the molecule is N.N.O=P([O-])(O)O.O=S(=O)([O-])[O-].[H+].[Mg+2]. The Morgan fingerprint density at radius 1 is 1.15 bits per heavy atom. The van der Waals surface area contributed by atoms with Crippen LogP contribution in [-0.2, 0) is 15.0 Å². The van der Waals surface area contributed by atoms with Gasteiger partial charge in [0, 0.05) is 10.4 Å². The van der Waals surface area contributed by atoms with Crippen LogP contribution in [0.2, 0.25) is 0 Å². The van der Waals surface area contributed by atoms with Crippen LogP contribution in [0.4, 0.5) is 0 Å². The summed E-state index contributed by atoms with van der Waals surface area (Å²) in [6.07, 6.45) is 0. The normalized spacial score (nSPS) is 9.00. The van der Waals surface area contributed by atoms with Gasteiger partial charge in [-0.3, -0.25) is 13.0 Å². The molecule has 0 aromatic rings. The number of hydrogen-bond acceptors (Lipinski definition) is 8. The molecule has 0 rings (SSSR count). The fourth-order valence-corrected chi connectivity index (χ4v) is 0. The predicted octanol–water partition coefficient (Wildman–Crippen LogP) is -2.84. The zero-order chi connectivity index (χ0) is 9.00. The van der Waals surface area contributed by atoms with Crippen LogP contribution in [-0.4, -0.2) is 50.4 Å². The molecule has 0 spiro atoms. The molecule has 10 nitrogen and oxygen atoms in total. The maximum absolute atomic E-state index is 8.77. The molecule has 13 heavy (non-hydrogen) atoms. The van der Waals surface area contributed by atoms with E-state index in [1.807, 2.05) is 0 Å². The van der Waals surface area contributed by atoms with E-state index in [0.29, 0.717) is 0 Å². The van der Waals surface area contributed by atoms with Gasteiger partial charge >= 0.3 is 24.5 Å². The van der Waals surface area contributed by atoms with Crippen molar-refractivity contribution in [1.82, 2.24) is 12.3 Å². The fourth-order valence-electron chi connectivity index (χ4n) is 0. The van der Waals surface area contributed by atoms with E-state index in [0.717, 1.165) is 0 Å². The predicted molar refractivity (Wildman–Crippen MR) is 39.4 cm³/mol. The van der Waals surface area contributed by atoms with Crippen LogP contribution in [0.5, 0.6) is 0 Å². The molecule has 13 heteroatoms. The van der Waals surface area contributed by atoms with E-state index in [9.17, 15) is 0 Å². The first kappa shape index (κ1) is 29.2. The topological polar surface area (TPSA) is 231 Å². The molecule has 0 aliphatic rings. The fraction of sp³-hybridized carbons (Fsp3) is 0. The Labute approximate surface area is 92.0 Å². The molecule has 0 aromatic carbocycles. The molecule has 0 unspecified atom stereocenters. The molecule has 0 saturated heterocycles. The zero-order valence-electron chi connectivity index (χ0n) is 7.32. The summed E-state index contributed by atoms with van der Waals surface area (Å²) in [5.41, 5.74) is 0. The number of phosphoric acid groups is 1. The van der Waals surface area contributed by atoms with Gasteiger partial charge in [0.2, 0.25) is 0 Å². The Kier molecular flexibility index (Phi) is 24.1. The molecule has 0 heterocycles. The van der Waals surface area contributed by atoms with Crippen LogP contribution in [0.3, 0.4) is 0 Å². The van der Waals surface area contributed by atoms with E-state index in [4.69, 9.17) is 36.8 Å². The van der Waals surface area contributed by atoms with E-state index in [-0.39, 0.29) is 36.8 Å². The maximum atomic E-state index is 8.77. The Morgan fingerprint density at radius 2 is 1.15 bits per heavy atom. The molecule has 0 saturated carbocycles. The molecule has 0 fully saturated rings. The van der Waals surface area contributed by atoms with E-state index in [2.05, 4.69) is 0 Å². The smallest absolute Gasteiger partial charge is 0.759 e. The molecule has 0 aromatic heterocycles. The van der Waals surface area contributed by atoms with Gasteiger partial charge in [-0.25, -0.2) is 0 Å². The first-order valence-electron chi connectivity index (χ1n) is 1.43. The molecule has 0 atom stereocenters. The van der Waals surface area contributed by atoms with Gasteiger partial charge in [-0.05, 0) is 0 Å². The van der Waals surface area contributed by atoms with Crippen molar-refractivity contribution in [3.05, 3.63) is 0 Å². The van der Waals surface area contributed by atoms with Crippen molar-refractivity contribution in [2.45, 2.75) is 0 Å². The Hall–Kier alpha value is 0.666. The van der Waals surface area contributed by atoms with Gasteiger partial charge in [0.1, 0.15) is 0 Å². The third kappa shape index (κ3) is 3250. The second kappa shape index (κ2) is 10.7. The summed E-state index contributed by atoms with van der Waals surface area (Å²) >= 11 is 0. The third-order valence-electron chi connectivity index (χ3n) is 0. The minimum atomic E-state index is -5.17. The summed E-state index contributed by atoms with van der Waals surface area (Å²) in [5.74, 6) is 0. The molecule has 0 radical (unpaired) electrons. The molecule has 8 N–H and O–H groups in total. The summed E-state index contributed by atoms with van der Waals surface area (Å²) < 4.78 is 42.9. The van der Waals surface area contributed by atoms with Crippen LogP contribution in [0.1, 0.15) is 1.43 Å². The molecule has 80 valence electrons. The van der Waals surface area contributed by atoms with E-state index < -0.39 is 18.2 Å². The summed E-state index contributed by atoms with van der Waals surface area (Å²) in [7, 11) is -10.1. The maximum Gasteiger partial charge on any atom is 2.00 e. The summed E-state index contributed by atoms with van der Waals surface area (Å²) in [6.45, 7) is 0. The van der Waals surface area contributed by atoms with Gasteiger partial charge < -0.3 is 36.1 Å². The van der Waals surface area contributed by atoms with Crippen molar-refractivity contribution < 1.29 is 38.2 Å². The first-order valence-corrected chi connectivity index (χ1v) is 4.30. The van der Waals surface area contributed by atoms with E-state index in [1.165, 1.54) is 0 Å². The van der Waals surface area contributed by atoms with Gasteiger partial charge in [-0.2, -0.15) is 0 Å². The second-order valence-corrected chi connectivity index (χ2v) is 2.70. The van der Waals surface area contributed by atoms with Crippen molar-refractivity contribution in [3.8, 4) is 0 Å². The summed E-state index contributed by atoms with van der Waals surface area (Å²) in [4.78, 5) is 22.9. The average Bonchev–Trinajstić information content (AvgIpc) is 1.12. The molecular formula is H9MgN2O8PS. The zero-order valence-corrected chi connectivity index (χ0v) is 9.45. The van der Waals surface area contributed by atoms with Crippen LogP contribution in [0.15, 0.2) is 0 Å². The van der Waals surface area contributed by atoms with Crippen LogP contribution >= 0.6 is 7.82 Å². The van der Waals surface area contributed by atoms with Crippen molar-refractivity contribution in [1.29, 1.82) is 0 Å². The first-order chi connectivity index (χ1) is 4.00. The van der Waals surface area contributed by atoms with Crippen LogP contribution in [0.25, 0.3) is 0 Å². The minimum Gasteiger partial charge on any atom is -0.759 e. The van der Waals surface area contributed by atoms with Gasteiger partial charge in [-0.1, -0.05) is 0 Å². The number of rotatable bonds is 0. The summed E-state index contributed by atoms with van der Waals surface area (Å²) in [6, 6.07) is 0. The van der Waals surface area contributed by atoms with Crippen molar-refractivity contribution in [2.24, 2.45) is 0 Å². The summed E-state index contributed by atoms with van der Waals surface area (Å²) in [5, 5.41) is 0. The monoisotopic (exact) mass is 252 g/mol. The van der Waals surface area contributed by atoms with E-state index >= 15 is 0 Å². The van der Waals surface area contributed by atoms with Crippen LogP contribution in [0, 0.1) is 0 Å². The Bertz CT molecular complexity index is 205. The molecular weight excluding hydrogens is 243 g/mol. The van der Waals surface area contributed by atoms with Gasteiger partial charge in [-0.15, -0.1) is 0 Å².